The molecule has 0 aliphatic carbocycles. The Balaban J connectivity index is 2.03. The molecule has 1 heterocycles. The maximum Gasteiger partial charge on any atom is 0.248 e. The van der Waals surface area contributed by atoms with Gasteiger partial charge in [-0.25, -0.2) is 4.98 Å². The van der Waals surface area contributed by atoms with E-state index in [1.807, 2.05) is 25.4 Å². The lowest BCUT2D eigenvalue weighted by atomic mass is 10.0. The maximum atomic E-state index is 11.2. The summed E-state index contributed by atoms with van der Waals surface area (Å²) in [4.78, 5) is 15.6. The molecule has 2 rings (SSSR count). The van der Waals surface area contributed by atoms with Crippen molar-refractivity contribution in [2.45, 2.75) is 26.8 Å². The van der Waals surface area contributed by atoms with Gasteiger partial charge in [0.25, 0.3) is 0 Å². The van der Waals surface area contributed by atoms with E-state index >= 15 is 0 Å². The van der Waals surface area contributed by atoms with Crippen molar-refractivity contribution in [1.29, 1.82) is 0 Å². The van der Waals surface area contributed by atoms with Crippen molar-refractivity contribution in [3.8, 4) is 0 Å². The lowest BCUT2D eigenvalue weighted by Crippen LogP contribution is -2.16. The Bertz CT molecular complexity index is 618. The fourth-order valence-electron chi connectivity index (χ4n) is 2.24. The smallest absolute Gasteiger partial charge is 0.248 e. The molecule has 0 atom stereocenters. The van der Waals surface area contributed by atoms with Crippen molar-refractivity contribution in [2.75, 3.05) is 13.1 Å². The van der Waals surface area contributed by atoms with Crippen molar-refractivity contribution >= 4 is 5.91 Å². The molecule has 0 spiro atoms. The number of carbonyl (C=O) groups excluding carboxylic acids is 1. The first-order chi connectivity index (χ1) is 10.1. The topological polar surface area (TPSA) is 72.9 Å². The molecule has 0 aliphatic rings. The number of benzene rings is 1. The van der Waals surface area contributed by atoms with E-state index in [2.05, 4.69) is 28.0 Å². The number of carbonyl (C=O) groups is 1. The summed E-state index contributed by atoms with van der Waals surface area (Å²) < 4.78 is 2.06. The molecular weight excluding hydrogens is 264 g/mol. The average Bonchev–Trinajstić information content (AvgIpc) is 2.89. The number of nitrogens with two attached hydrogens (primary N) is 1. The summed E-state index contributed by atoms with van der Waals surface area (Å²) in [5, 5.41) is 3.29. The Labute approximate surface area is 125 Å². The van der Waals surface area contributed by atoms with Crippen LogP contribution in [0.4, 0.5) is 0 Å². The summed E-state index contributed by atoms with van der Waals surface area (Å²) in [5.74, 6) is -0.391. The molecule has 0 radical (unpaired) electrons. The van der Waals surface area contributed by atoms with E-state index in [4.69, 9.17) is 5.73 Å². The van der Waals surface area contributed by atoms with Crippen LogP contribution < -0.4 is 11.1 Å². The van der Waals surface area contributed by atoms with Gasteiger partial charge in [-0.2, -0.15) is 0 Å². The largest absolute Gasteiger partial charge is 0.366 e. The van der Waals surface area contributed by atoms with Gasteiger partial charge in [0, 0.05) is 31.3 Å². The molecule has 0 saturated carbocycles. The first-order valence-corrected chi connectivity index (χ1v) is 7.21. The number of amides is 1. The minimum absolute atomic E-state index is 0.391. The van der Waals surface area contributed by atoms with Gasteiger partial charge in [0.1, 0.15) is 0 Å². The standard InChI is InChI=1S/C16H22N4O/c1-3-18-7-6-15-10-20(11-19-15)9-14-5-4-13(16(17)21)8-12(14)2/h4-5,8,10-11,18H,3,6-7,9H2,1-2H3,(H2,17,21). The van der Waals surface area contributed by atoms with Crippen LogP contribution in [0.1, 0.15) is 34.1 Å². The molecule has 5 heteroatoms. The Morgan fingerprint density at radius 2 is 2.24 bits per heavy atom. The zero-order valence-electron chi connectivity index (χ0n) is 12.6. The van der Waals surface area contributed by atoms with E-state index in [1.165, 1.54) is 0 Å². The van der Waals surface area contributed by atoms with Crippen LogP contribution in [-0.2, 0) is 13.0 Å². The van der Waals surface area contributed by atoms with Crippen LogP contribution in [0.25, 0.3) is 0 Å². The SMILES string of the molecule is CCNCCc1cn(Cc2ccc(C(N)=O)cc2C)cn1. The third kappa shape index (κ3) is 4.16. The second-order valence-corrected chi connectivity index (χ2v) is 5.15. The minimum Gasteiger partial charge on any atom is -0.366 e. The summed E-state index contributed by atoms with van der Waals surface area (Å²) in [6.07, 6.45) is 4.85. The molecule has 1 amide bonds. The molecule has 0 saturated heterocycles. The van der Waals surface area contributed by atoms with E-state index in [9.17, 15) is 4.79 Å². The summed E-state index contributed by atoms with van der Waals surface area (Å²) in [6, 6.07) is 5.56. The molecule has 1 aromatic heterocycles. The number of aromatic nitrogens is 2. The summed E-state index contributed by atoms with van der Waals surface area (Å²) >= 11 is 0. The molecule has 1 aromatic carbocycles. The number of rotatable bonds is 7. The van der Waals surface area contributed by atoms with Gasteiger partial charge in [0.2, 0.25) is 5.91 Å². The van der Waals surface area contributed by atoms with Crippen molar-refractivity contribution in [3.63, 3.8) is 0 Å². The van der Waals surface area contributed by atoms with Crippen LogP contribution in [0, 0.1) is 6.92 Å². The van der Waals surface area contributed by atoms with E-state index in [0.29, 0.717) is 5.56 Å². The number of imidazole rings is 1. The number of hydrogen-bond donors (Lipinski definition) is 2. The fraction of sp³-hybridized carbons (Fsp3) is 0.375. The third-order valence-electron chi connectivity index (χ3n) is 3.47. The van der Waals surface area contributed by atoms with Gasteiger partial charge in [0.15, 0.2) is 0 Å². The lowest BCUT2D eigenvalue weighted by molar-refractivity contribution is 0.1000. The lowest BCUT2D eigenvalue weighted by Gasteiger charge is -2.08. The van der Waals surface area contributed by atoms with Crippen molar-refractivity contribution in [2.24, 2.45) is 5.73 Å². The normalized spacial score (nSPS) is 10.8. The highest BCUT2D eigenvalue weighted by Crippen LogP contribution is 2.13. The van der Waals surface area contributed by atoms with E-state index in [1.54, 1.807) is 6.07 Å². The summed E-state index contributed by atoms with van der Waals surface area (Å²) in [7, 11) is 0. The Morgan fingerprint density at radius 3 is 2.90 bits per heavy atom. The highest BCUT2D eigenvalue weighted by Gasteiger charge is 2.05. The van der Waals surface area contributed by atoms with Gasteiger partial charge in [-0.3, -0.25) is 4.79 Å². The van der Waals surface area contributed by atoms with Crippen LogP contribution in [0.2, 0.25) is 0 Å². The number of likely N-dealkylation sites (N-methyl/N-ethyl adjacent to an activating group) is 1. The minimum atomic E-state index is -0.391. The second kappa shape index (κ2) is 7.04. The first kappa shape index (κ1) is 15.3. The van der Waals surface area contributed by atoms with Crippen molar-refractivity contribution in [1.82, 2.24) is 14.9 Å². The predicted molar refractivity (Wildman–Crippen MR) is 83.3 cm³/mol. The summed E-state index contributed by atoms with van der Waals surface area (Å²) in [6.45, 7) is 6.76. The number of nitrogens with zero attached hydrogens (tertiary/aromatic N) is 2. The number of primary amides is 1. The fourth-order valence-corrected chi connectivity index (χ4v) is 2.24. The molecule has 0 unspecified atom stereocenters. The van der Waals surface area contributed by atoms with Crippen molar-refractivity contribution < 1.29 is 4.79 Å². The predicted octanol–water partition coefficient (Wildman–Crippen LogP) is 1.49. The van der Waals surface area contributed by atoms with E-state index < -0.39 is 5.91 Å². The number of nitrogens with one attached hydrogen (secondary N) is 1. The van der Waals surface area contributed by atoms with E-state index in [0.717, 1.165) is 42.9 Å². The van der Waals surface area contributed by atoms with Gasteiger partial charge in [-0.05, 0) is 36.7 Å². The van der Waals surface area contributed by atoms with Gasteiger partial charge in [-0.1, -0.05) is 13.0 Å². The maximum absolute atomic E-state index is 11.2. The van der Waals surface area contributed by atoms with Crippen LogP contribution >= 0.6 is 0 Å². The zero-order valence-corrected chi connectivity index (χ0v) is 12.6. The van der Waals surface area contributed by atoms with Crippen LogP contribution in [0.15, 0.2) is 30.7 Å². The Kier molecular flexibility index (Phi) is 5.11. The molecule has 112 valence electrons. The van der Waals surface area contributed by atoms with Gasteiger partial charge in [-0.15, -0.1) is 0 Å². The van der Waals surface area contributed by atoms with Crippen LogP contribution in [0.3, 0.4) is 0 Å². The van der Waals surface area contributed by atoms with Gasteiger partial charge >= 0.3 is 0 Å². The van der Waals surface area contributed by atoms with Crippen LogP contribution in [0.5, 0.6) is 0 Å². The molecule has 0 bridgehead atoms. The number of hydrogen-bond acceptors (Lipinski definition) is 3. The molecule has 3 N–H and O–H groups in total. The Hall–Kier alpha value is -2.14. The zero-order chi connectivity index (χ0) is 15.2. The molecule has 21 heavy (non-hydrogen) atoms. The quantitative estimate of drug-likeness (QED) is 0.757. The molecule has 2 aromatic rings. The first-order valence-electron chi connectivity index (χ1n) is 7.21. The molecule has 0 fully saturated rings. The molecular formula is C16H22N4O. The molecule has 5 nitrogen and oxygen atoms in total. The van der Waals surface area contributed by atoms with E-state index in [-0.39, 0.29) is 0 Å². The Morgan fingerprint density at radius 1 is 1.43 bits per heavy atom. The summed E-state index contributed by atoms with van der Waals surface area (Å²) in [5.41, 5.74) is 9.15. The highest BCUT2D eigenvalue weighted by atomic mass is 16.1. The monoisotopic (exact) mass is 286 g/mol. The van der Waals surface area contributed by atoms with Gasteiger partial charge in [0.05, 0.1) is 12.0 Å². The highest BCUT2D eigenvalue weighted by molar-refractivity contribution is 5.93. The van der Waals surface area contributed by atoms with Gasteiger partial charge < -0.3 is 15.6 Å². The van der Waals surface area contributed by atoms with Crippen LogP contribution in [-0.4, -0.2) is 28.5 Å². The third-order valence-corrected chi connectivity index (χ3v) is 3.47. The second-order valence-electron chi connectivity index (χ2n) is 5.15. The molecule has 0 aliphatic heterocycles. The van der Waals surface area contributed by atoms with Crippen molar-refractivity contribution in [3.05, 3.63) is 53.1 Å². The number of aryl methyl sites for hydroxylation is 1. The average molecular weight is 286 g/mol.